The maximum absolute atomic E-state index is 9.44. The lowest BCUT2D eigenvalue weighted by Gasteiger charge is -2.30. The standard InChI is InChI=1S/C13H28N2O/c1-3-13(4-2,12-16)11-14-7-10-15-8-5-6-9-15/h14,16H,3-12H2,1-2H3. The highest BCUT2D eigenvalue weighted by Crippen LogP contribution is 2.24. The van der Waals surface area contributed by atoms with Crippen LogP contribution in [0.15, 0.2) is 0 Å². The van der Waals surface area contributed by atoms with Crippen LogP contribution in [0.4, 0.5) is 0 Å². The van der Waals surface area contributed by atoms with Crippen LogP contribution in [0.1, 0.15) is 39.5 Å². The smallest absolute Gasteiger partial charge is 0.0499 e. The number of aliphatic hydroxyl groups is 1. The highest BCUT2D eigenvalue weighted by atomic mass is 16.3. The topological polar surface area (TPSA) is 35.5 Å². The molecule has 2 N–H and O–H groups in total. The highest BCUT2D eigenvalue weighted by molar-refractivity contribution is 4.78. The molecule has 3 heteroatoms. The van der Waals surface area contributed by atoms with Gasteiger partial charge in [0.15, 0.2) is 0 Å². The lowest BCUT2D eigenvalue weighted by molar-refractivity contribution is 0.112. The number of hydrogen-bond donors (Lipinski definition) is 2. The van der Waals surface area contributed by atoms with Gasteiger partial charge in [-0.25, -0.2) is 0 Å². The quantitative estimate of drug-likeness (QED) is 0.618. The van der Waals surface area contributed by atoms with E-state index < -0.39 is 0 Å². The molecule has 0 radical (unpaired) electrons. The van der Waals surface area contributed by atoms with E-state index in [1.165, 1.54) is 25.9 Å². The Bertz CT molecular complexity index is 167. The molecule has 0 aliphatic carbocycles. The Kier molecular flexibility index (Phi) is 6.32. The fourth-order valence-electron chi connectivity index (χ4n) is 2.38. The summed E-state index contributed by atoms with van der Waals surface area (Å²) in [6.45, 7) is 10.4. The zero-order valence-electron chi connectivity index (χ0n) is 11.0. The second kappa shape index (κ2) is 7.25. The summed E-state index contributed by atoms with van der Waals surface area (Å²) in [7, 11) is 0. The molecule has 1 saturated heterocycles. The lowest BCUT2D eigenvalue weighted by atomic mass is 9.83. The first kappa shape index (κ1) is 13.9. The minimum Gasteiger partial charge on any atom is -0.396 e. The third kappa shape index (κ3) is 4.04. The third-order valence-corrected chi connectivity index (χ3v) is 4.14. The van der Waals surface area contributed by atoms with Crippen molar-refractivity contribution in [3.63, 3.8) is 0 Å². The molecule has 0 bridgehead atoms. The predicted octanol–water partition coefficient (Wildman–Crippen LogP) is 1.47. The number of hydrogen-bond acceptors (Lipinski definition) is 3. The maximum atomic E-state index is 9.44. The molecule has 1 heterocycles. The first-order chi connectivity index (χ1) is 7.76. The zero-order chi connectivity index (χ0) is 11.9. The van der Waals surface area contributed by atoms with Crippen LogP contribution in [0.5, 0.6) is 0 Å². The molecule has 0 aromatic carbocycles. The summed E-state index contributed by atoms with van der Waals surface area (Å²) >= 11 is 0. The van der Waals surface area contributed by atoms with E-state index in [1.54, 1.807) is 0 Å². The van der Waals surface area contributed by atoms with Gasteiger partial charge in [-0.3, -0.25) is 0 Å². The van der Waals surface area contributed by atoms with E-state index in [-0.39, 0.29) is 5.41 Å². The molecule has 1 aliphatic heterocycles. The van der Waals surface area contributed by atoms with E-state index in [2.05, 4.69) is 24.1 Å². The van der Waals surface area contributed by atoms with Gasteiger partial charge in [0.25, 0.3) is 0 Å². The zero-order valence-corrected chi connectivity index (χ0v) is 11.0. The largest absolute Gasteiger partial charge is 0.396 e. The van der Waals surface area contributed by atoms with Gasteiger partial charge in [0.05, 0.1) is 0 Å². The summed E-state index contributed by atoms with van der Waals surface area (Å²) in [6.07, 6.45) is 4.84. The van der Waals surface area contributed by atoms with Crippen LogP contribution in [0.25, 0.3) is 0 Å². The van der Waals surface area contributed by atoms with Crippen molar-refractivity contribution in [2.45, 2.75) is 39.5 Å². The number of likely N-dealkylation sites (tertiary alicyclic amines) is 1. The van der Waals surface area contributed by atoms with Gasteiger partial charge in [0, 0.05) is 31.7 Å². The van der Waals surface area contributed by atoms with Crippen molar-refractivity contribution < 1.29 is 5.11 Å². The number of nitrogens with zero attached hydrogens (tertiary/aromatic N) is 1. The van der Waals surface area contributed by atoms with Crippen LogP contribution in [0.2, 0.25) is 0 Å². The molecule has 0 atom stereocenters. The minimum absolute atomic E-state index is 0.102. The van der Waals surface area contributed by atoms with E-state index in [9.17, 15) is 5.11 Å². The Morgan fingerprint density at radius 3 is 2.31 bits per heavy atom. The van der Waals surface area contributed by atoms with E-state index >= 15 is 0 Å². The molecular formula is C13H28N2O. The van der Waals surface area contributed by atoms with Crippen LogP contribution in [0.3, 0.4) is 0 Å². The van der Waals surface area contributed by atoms with Gasteiger partial charge >= 0.3 is 0 Å². The average molecular weight is 228 g/mol. The number of nitrogens with one attached hydrogen (secondary N) is 1. The fraction of sp³-hybridized carbons (Fsp3) is 1.00. The fourth-order valence-corrected chi connectivity index (χ4v) is 2.38. The molecule has 0 amide bonds. The van der Waals surface area contributed by atoms with Gasteiger partial charge in [0.2, 0.25) is 0 Å². The van der Waals surface area contributed by atoms with E-state index in [0.29, 0.717) is 6.61 Å². The molecule has 0 saturated carbocycles. The summed E-state index contributed by atoms with van der Waals surface area (Å²) in [5, 5.41) is 12.9. The van der Waals surface area contributed by atoms with E-state index in [0.717, 1.165) is 32.5 Å². The molecule has 3 nitrogen and oxygen atoms in total. The van der Waals surface area contributed by atoms with Gasteiger partial charge in [-0.2, -0.15) is 0 Å². The lowest BCUT2D eigenvalue weighted by Crippen LogP contribution is -2.39. The predicted molar refractivity (Wildman–Crippen MR) is 68.6 cm³/mol. The van der Waals surface area contributed by atoms with Crippen LogP contribution < -0.4 is 5.32 Å². The summed E-state index contributed by atoms with van der Waals surface area (Å²) in [5.41, 5.74) is 0.102. The van der Waals surface area contributed by atoms with Crippen molar-refractivity contribution in [2.24, 2.45) is 5.41 Å². The summed E-state index contributed by atoms with van der Waals surface area (Å²) in [4.78, 5) is 2.52. The Labute approximate surface area is 100 Å². The molecule has 1 fully saturated rings. The number of rotatable bonds is 8. The Balaban J connectivity index is 2.12. The van der Waals surface area contributed by atoms with Crippen LogP contribution in [-0.2, 0) is 0 Å². The second-order valence-electron chi connectivity index (χ2n) is 5.09. The molecule has 0 aromatic rings. The molecular weight excluding hydrogens is 200 g/mol. The van der Waals surface area contributed by atoms with Crippen molar-refractivity contribution in [1.29, 1.82) is 0 Å². The Morgan fingerprint density at radius 1 is 1.19 bits per heavy atom. The minimum atomic E-state index is 0.102. The highest BCUT2D eigenvalue weighted by Gasteiger charge is 2.24. The SMILES string of the molecule is CCC(CC)(CO)CNCCN1CCCC1. The Hall–Kier alpha value is -0.120. The van der Waals surface area contributed by atoms with Crippen molar-refractivity contribution in [3.8, 4) is 0 Å². The summed E-state index contributed by atoms with van der Waals surface area (Å²) < 4.78 is 0. The van der Waals surface area contributed by atoms with Gasteiger partial charge < -0.3 is 15.3 Å². The Morgan fingerprint density at radius 2 is 1.81 bits per heavy atom. The molecule has 96 valence electrons. The van der Waals surface area contributed by atoms with Crippen molar-refractivity contribution in [1.82, 2.24) is 10.2 Å². The first-order valence-electron chi connectivity index (χ1n) is 6.80. The van der Waals surface area contributed by atoms with Gasteiger partial charge in [-0.05, 0) is 38.8 Å². The molecule has 1 rings (SSSR count). The van der Waals surface area contributed by atoms with Gasteiger partial charge in [0.1, 0.15) is 0 Å². The molecule has 1 aliphatic rings. The monoisotopic (exact) mass is 228 g/mol. The normalized spacial score (nSPS) is 18.2. The van der Waals surface area contributed by atoms with Crippen molar-refractivity contribution in [2.75, 3.05) is 39.3 Å². The second-order valence-corrected chi connectivity index (χ2v) is 5.09. The third-order valence-electron chi connectivity index (χ3n) is 4.14. The maximum Gasteiger partial charge on any atom is 0.0499 e. The van der Waals surface area contributed by atoms with Crippen LogP contribution in [-0.4, -0.2) is 49.3 Å². The molecule has 0 spiro atoms. The molecule has 0 aromatic heterocycles. The van der Waals surface area contributed by atoms with Crippen LogP contribution >= 0.6 is 0 Å². The van der Waals surface area contributed by atoms with Gasteiger partial charge in [-0.15, -0.1) is 0 Å². The summed E-state index contributed by atoms with van der Waals surface area (Å²) in [5.74, 6) is 0. The average Bonchev–Trinajstić information content (AvgIpc) is 2.83. The van der Waals surface area contributed by atoms with Gasteiger partial charge in [-0.1, -0.05) is 13.8 Å². The van der Waals surface area contributed by atoms with Crippen LogP contribution in [0, 0.1) is 5.41 Å². The van der Waals surface area contributed by atoms with E-state index in [1.807, 2.05) is 0 Å². The molecule has 16 heavy (non-hydrogen) atoms. The van der Waals surface area contributed by atoms with E-state index in [4.69, 9.17) is 0 Å². The van der Waals surface area contributed by atoms with Crippen molar-refractivity contribution >= 4 is 0 Å². The van der Waals surface area contributed by atoms with Crippen molar-refractivity contribution in [3.05, 3.63) is 0 Å². The molecule has 0 unspecified atom stereocenters. The summed E-state index contributed by atoms with van der Waals surface area (Å²) in [6, 6.07) is 0. The number of aliphatic hydroxyl groups excluding tert-OH is 1. The first-order valence-corrected chi connectivity index (χ1v) is 6.80.